The topological polar surface area (TPSA) is 12.0 Å². The molecule has 1 aromatic carbocycles. The molecule has 1 aliphatic carbocycles. The predicted octanol–water partition coefficient (Wildman–Crippen LogP) is 4.33. The molecule has 0 spiro atoms. The van der Waals surface area contributed by atoms with Crippen molar-refractivity contribution in [1.82, 2.24) is 5.32 Å². The lowest BCUT2D eigenvalue weighted by atomic mass is 9.73. The summed E-state index contributed by atoms with van der Waals surface area (Å²) in [5.74, 6) is -2.79. The molecule has 0 aliphatic heterocycles. The smallest absolute Gasteiger partial charge is 0.161 e. The van der Waals surface area contributed by atoms with Gasteiger partial charge < -0.3 is 5.32 Å². The fraction of sp³-hybridized carbons (Fsp3) is 0.600. The third kappa shape index (κ3) is 2.50. The maximum atomic E-state index is 14.0. The molecule has 19 heavy (non-hydrogen) atoms. The summed E-state index contributed by atoms with van der Waals surface area (Å²) >= 11 is 0. The average Bonchev–Trinajstić information content (AvgIpc) is 2.86. The van der Waals surface area contributed by atoms with Crippen molar-refractivity contribution in [2.75, 3.05) is 7.05 Å². The first-order valence-electron chi connectivity index (χ1n) is 6.86. The highest BCUT2D eigenvalue weighted by Crippen LogP contribution is 2.50. The SMILES string of the molecule is CCC1(C(NC)c2cc(F)c(F)cc2F)CCCC1. The molecule has 1 fully saturated rings. The van der Waals surface area contributed by atoms with Crippen LogP contribution in [0.15, 0.2) is 12.1 Å². The first-order valence-corrected chi connectivity index (χ1v) is 6.86. The van der Waals surface area contributed by atoms with Crippen molar-refractivity contribution in [2.24, 2.45) is 5.41 Å². The van der Waals surface area contributed by atoms with Gasteiger partial charge in [-0.2, -0.15) is 0 Å². The molecular weight excluding hydrogens is 251 g/mol. The van der Waals surface area contributed by atoms with Gasteiger partial charge in [-0.1, -0.05) is 19.8 Å². The van der Waals surface area contributed by atoms with E-state index in [1.165, 1.54) is 0 Å². The second kappa shape index (κ2) is 5.53. The molecule has 0 bridgehead atoms. The molecule has 1 nitrogen and oxygen atoms in total. The number of rotatable bonds is 4. The molecule has 4 heteroatoms. The Hall–Kier alpha value is -1.03. The van der Waals surface area contributed by atoms with Crippen molar-refractivity contribution in [3.05, 3.63) is 35.1 Å². The van der Waals surface area contributed by atoms with Crippen LogP contribution >= 0.6 is 0 Å². The van der Waals surface area contributed by atoms with Gasteiger partial charge in [-0.05, 0) is 37.8 Å². The van der Waals surface area contributed by atoms with Crippen LogP contribution < -0.4 is 5.32 Å². The molecule has 1 unspecified atom stereocenters. The standard InChI is InChI=1S/C15H20F3N/c1-3-15(6-4-5-7-15)14(19-2)10-8-12(17)13(18)9-11(10)16/h8-9,14,19H,3-7H2,1-2H3. The number of halogens is 3. The Labute approximate surface area is 112 Å². The zero-order chi connectivity index (χ0) is 14.0. The molecule has 106 valence electrons. The Balaban J connectivity index is 2.44. The second-order valence-electron chi connectivity index (χ2n) is 5.43. The molecule has 1 aliphatic rings. The van der Waals surface area contributed by atoms with Gasteiger partial charge in [0.25, 0.3) is 0 Å². The Morgan fingerprint density at radius 2 is 1.68 bits per heavy atom. The fourth-order valence-corrected chi connectivity index (χ4v) is 3.48. The third-order valence-corrected chi connectivity index (χ3v) is 4.56. The quantitative estimate of drug-likeness (QED) is 0.803. The molecule has 1 saturated carbocycles. The van der Waals surface area contributed by atoms with Crippen LogP contribution in [0.2, 0.25) is 0 Å². The molecule has 0 saturated heterocycles. The Morgan fingerprint density at radius 1 is 1.11 bits per heavy atom. The Morgan fingerprint density at radius 3 is 2.21 bits per heavy atom. The van der Waals surface area contributed by atoms with E-state index in [1.54, 1.807) is 7.05 Å². The minimum Gasteiger partial charge on any atom is -0.312 e. The molecule has 0 heterocycles. The van der Waals surface area contributed by atoms with E-state index >= 15 is 0 Å². The minimum atomic E-state index is -1.13. The van der Waals surface area contributed by atoms with Gasteiger partial charge in [-0.3, -0.25) is 0 Å². The maximum absolute atomic E-state index is 14.0. The molecule has 1 atom stereocenters. The molecule has 1 aromatic rings. The number of hydrogen-bond donors (Lipinski definition) is 1. The van der Waals surface area contributed by atoms with Crippen molar-refractivity contribution >= 4 is 0 Å². The van der Waals surface area contributed by atoms with Gasteiger partial charge >= 0.3 is 0 Å². The summed E-state index contributed by atoms with van der Waals surface area (Å²) < 4.78 is 40.4. The van der Waals surface area contributed by atoms with E-state index in [4.69, 9.17) is 0 Å². The number of benzene rings is 1. The summed E-state index contributed by atoms with van der Waals surface area (Å²) in [4.78, 5) is 0. The summed E-state index contributed by atoms with van der Waals surface area (Å²) in [6.07, 6.45) is 5.10. The highest BCUT2D eigenvalue weighted by molar-refractivity contribution is 5.26. The monoisotopic (exact) mass is 271 g/mol. The van der Waals surface area contributed by atoms with Crippen molar-refractivity contribution in [1.29, 1.82) is 0 Å². The van der Waals surface area contributed by atoms with E-state index in [1.807, 2.05) is 0 Å². The highest BCUT2D eigenvalue weighted by atomic mass is 19.2. The first kappa shape index (κ1) is 14.4. The average molecular weight is 271 g/mol. The van der Waals surface area contributed by atoms with Crippen LogP contribution in [-0.4, -0.2) is 7.05 Å². The van der Waals surface area contributed by atoms with Gasteiger partial charge in [0.15, 0.2) is 11.6 Å². The lowest BCUT2D eigenvalue weighted by molar-refractivity contribution is 0.191. The minimum absolute atomic E-state index is 0.0557. The molecule has 0 amide bonds. The Bertz CT molecular complexity index is 453. The maximum Gasteiger partial charge on any atom is 0.161 e. The van der Waals surface area contributed by atoms with E-state index in [-0.39, 0.29) is 17.0 Å². The molecular formula is C15H20F3N. The zero-order valence-corrected chi connectivity index (χ0v) is 11.4. The van der Waals surface area contributed by atoms with Gasteiger partial charge in [-0.25, -0.2) is 13.2 Å². The summed E-state index contributed by atoms with van der Waals surface area (Å²) in [5.41, 5.74) is 0.185. The van der Waals surface area contributed by atoms with Gasteiger partial charge in [0.1, 0.15) is 5.82 Å². The zero-order valence-electron chi connectivity index (χ0n) is 11.4. The normalized spacial score (nSPS) is 19.6. The first-order chi connectivity index (χ1) is 9.04. The van der Waals surface area contributed by atoms with Crippen molar-refractivity contribution < 1.29 is 13.2 Å². The molecule has 1 N–H and O–H groups in total. The van der Waals surface area contributed by atoms with Crippen LogP contribution in [-0.2, 0) is 0 Å². The van der Waals surface area contributed by atoms with Crippen LogP contribution in [0.25, 0.3) is 0 Å². The number of hydrogen-bond acceptors (Lipinski definition) is 1. The second-order valence-corrected chi connectivity index (χ2v) is 5.43. The lowest BCUT2D eigenvalue weighted by Gasteiger charge is -2.37. The van der Waals surface area contributed by atoms with Crippen molar-refractivity contribution in [2.45, 2.75) is 45.1 Å². The predicted molar refractivity (Wildman–Crippen MR) is 69.3 cm³/mol. The largest absolute Gasteiger partial charge is 0.312 e. The lowest BCUT2D eigenvalue weighted by Crippen LogP contribution is -2.35. The van der Waals surface area contributed by atoms with Crippen LogP contribution in [0.1, 0.15) is 50.6 Å². The summed E-state index contributed by atoms with van der Waals surface area (Å²) in [7, 11) is 1.75. The van der Waals surface area contributed by atoms with E-state index in [0.29, 0.717) is 6.07 Å². The van der Waals surface area contributed by atoms with E-state index in [0.717, 1.165) is 38.2 Å². The Kier molecular flexibility index (Phi) is 4.19. The highest BCUT2D eigenvalue weighted by Gasteiger charge is 2.41. The van der Waals surface area contributed by atoms with Crippen LogP contribution in [0.5, 0.6) is 0 Å². The summed E-state index contributed by atoms with van der Waals surface area (Å²) in [5, 5.41) is 3.11. The molecule has 2 rings (SSSR count). The number of nitrogens with one attached hydrogen (secondary N) is 1. The molecule has 0 radical (unpaired) electrons. The molecule has 0 aromatic heterocycles. The van der Waals surface area contributed by atoms with E-state index in [9.17, 15) is 13.2 Å². The van der Waals surface area contributed by atoms with Gasteiger partial charge in [0.05, 0.1) is 0 Å². The van der Waals surface area contributed by atoms with Crippen LogP contribution in [0.4, 0.5) is 13.2 Å². The van der Waals surface area contributed by atoms with Crippen LogP contribution in [0, 0.1) is 22.9 Å². The van der Waals surface area contributed by atoms with Crippen LogP contribution in [0.3, 0.4) is 0 Å². The van der Waals surface area contributed by atoms with Gasteiger partial charge in [0, 0.05) is 17.7 Å². The summed E-state index contributed by atoms with van der Waals surface area (Å²) in [6, 6.07) is 1.38. The van der Waals surface area contributed by atoms with Crippen molar-refractivity contribution in [3.63, 3.8) is 0 Å². The summed E-state index contributed by atoms with van der Waals surface area (Å²) in [6.45, 7) is 2.08. The van der Waals surface area contributed by atoms with E-state index in [2.05, 4.69) is 12.2 Å². The van der Waals surface area contributed by atoms with E-state index < -0.39 is 17.5 Å². The van der Waals surface area contributed by atoms with Crippen molar-refractivity contribution in [3.8, 4) is 0 Å². The third-order valence-electron chi connectivity index (χ3n) is 4.56. The van der Waals surface area contributed by atoms with Gasteiger partial charge in [0.2, 0.25) is 0 Å². The van der Waals surface area contributed by atoms with Gasteiger partial charge in [-0.15, -0.1) is 0 Å². The fourth-order valence-electron chi connectivity index (χ4n) is 3.48.